The molecule has 0 aromatic carbocycles. The van der Waals surface area contributed by atoms with Crippen molar-refractivity contribution < 1.29 is 27.6 Å². The minimum atomic E-state index is -3.73. The lowest BCUT2D eigenvalue weighted by Crippen LogP contribution is -2.11. The van der Waals surface area contributed by atoms with Crippen LogP contribution in [0.4, 0.5) is 0 Å². The first-order valence-corrected chi connectivity index (χ1v) is 7.93. The van der Waals surface area contributed by atoms with E-state index in [1.54, 1.807) is 32.9 Å². The zero-order chi connectivity index (χ0) is 15.0. The highest BCUT2D eigenvalue weighted by atomic mass is 31.2. The molecule has 0 unspecified atom stereocenters. The molecule has 0 spiro atoms. The summed E-state index contributed by atoms with van der Waals surface area (Å²) in [4.78, 5) is 12.0. The van der Waals surface area contributed by atoms with E-state index in [9.17, 15) is 9.36 Å². The summed E-state index contributed by atoms with van der Waals surface area (Å²) in [6.07, 6.45) is 2.77. The van der Waals surface area contributed by atoms with Gasteiger partial charge in [0.1, 0.15) is 5.76 Å². The molecule has 0 amide bonds. The number of hydrogen-bond donors (Lipinski definition) is 0. The van der Waals surface area contributed by atoms with Crippen molar-refractivity contribution in [3.8, 4) is 0 Å². The van der Waals surface area contributed by atoms with Gasteiger partial charge < -0.3 is 18.2 Å². The van der Waals surface area contributed by atoms with Crippen LogP contribution in [0.15, 0.2) is 28.1 Å². The summed E-state index contributed by atoms with van der Waals surface area (Å²) in [5.74, 6) is -0.373. The van der Waals surface area contributed by atoms with Crippen LogP contribution in [0.2, 0.25) is 0 Å². The minimum absolute atomic E-state index is 0.145. The Labute approximate surface area is 118 Å². The highest BCUT2D eigenvalue weighted by Gasteiger charge is 2.36. The summed E-state index contributed by atoms with van der Waals surface area (Å²) in [6, 6.07) is 3.28. The normalized spacial score (nSPS) is 12.4. The number of ether oxygens (including phenoxy) is 1. The Morgan fingerprint density at radius 1 is 1.25 bits per heavy atom. The molecular weight excluding hydrogens is 283 g/mol. The van der Waals surface area contributed by atoms with Crippen LogP contribution in [-0.4, -0.2) is 25.8 Å². The molecule has 6 nitrogen and oxygen atoms in total. The highest BCUT2D eigenvalue weighted by Crippen LogP contribution is 2.57. The van der Waals surface area contributed by atoms with Crippen molar-refractivity contribution in [2.75, 3.05) is 19.8 Å². The second kappa shape index (κ2) is 8.04. The third-order valence-electron chi connectivity index (χ3n) is 2.20. The Morgan fingerprint density at radius 2 is 1.90 bits per heavy atom. The monoisotopic (exact) mass is 302 g/mol. The van der Waals surface area contributed by atoms with Gasteiger partial charge in [-0.1, -0.05) is 0 Å². The molecule has 7 heteroatoms. The van der Waals surface area contributed by atoms with Gasteiger partial charge in [-0.25, -0.2) is 4.79 Å². The van der Waals surface area contributed by atoms with Gasteiger partial charge in [-0.05, 0) is 32.9 Å². The molecule has 20 heavy (non-hydrogen) atoms. The lowest BCUT2D eigenvalue weighted by atomic mass is 10.4. The average molecular weight is 302 g/mol. The van der Waals surface area contributed by atoms with Crippen molar-refractivity contribution in [1.82, 2.24) is 0 Å². The highest BCUT2D eigenvalue weighted by molar-refractivity contribution is 7.60. The zero-order valence-corrected chi connectivity index (χ0v) is 12.7. The lowest BCUT2D eigenvalue weighted by molar-refractivity contribution is -0.137. The molecule has 0 aliphatic carbocycles. The number of carbonyl (C=O) groups is 1. The molecule has 112 valence electrons. The largest absolute Gasteiger partial charge is 0.465 e. The van der Waals surface area contributed by atoms with Crippen LogP contribution in [0.5, 0.6) is 0 Å². The van der Waals surface area contributed by atoms with E-state index in [2.05, 4.69) is 0 Å². The smallest absolute Gasteiger partial charge is 0.368 e. The van der Waals surface area contributed by atoms with Crippen LogP contribution in [0, 0.1) is 0 Å². The van der Waals surface area contributed by atoms with Gasteiger partial charge in [-0.15, -0.1) is 0 Å². The Bertz CT molecular complexity index is 481. The number of rotatable bonds is 8. The third-order valence-corrected chi connectivity index (χ3v) is 4.30. The van der Waals surface area contributed by atoms with Crippen molar-refractivity contribution in [1.29, 1.82) is 0 Å². The summed E-state index contributed by atoms with van der Waals surface area (Å²) >= 11 is 0. The van der Waals surface area contributed by atoms with Crippen molar-refractivity contribution in [2.24, 2.45) is 0 Å². The standard InChI is InChI=1S/C13H19O6P/c1-4-16-13(14)12(10-11-8-7-9-17-11)20(15,18-5-2)19-6-3/h7-10H,4-6H2,1-3H3/b12-10+. The first kappa shape index (κ1) is 16.7. The molecular formula is C13H19O6P. The number of carbonyl (C=O) groups excluding carboxylic acids is 1. The molecule has 1 aromatic rings. The summed E-state index contributed by atoms with van der Waals surface area (Å²) in [7, 11) is -3.73. The molecule has 0 atom stereocenters. The Morgan fingerprint density at radius 3 is 2.35 bits per heavy atom. The molecule has 1 rings (SSSR count). The van der Waals surface area contributed by atoms with E-state index < -0.39 is 13.6 Å². The maximum atomic E-state index is 12.7. The van der Waals surface area contributed by atoms with Crippen LogP contribution in [0.3, 0.4) is 0 Å². The van der Waals surface area contributed by atoms with Crippen molar-refractivity contribution in [2.45, 2.75) is 20.8 Å². The van der Waals surface area contributed by atoms with Crippen LogP contribution in [-0.2, 0) is 23.1 Å². The van der Waals surface area contributed by atoms with Gasteiger partial charge in [0.2, 0.25) is 0 Å². The van der Waals surface area contributed by atoms with E-state index in [1.807, 2.05) is 0 Å². The van der Waals surface area contributed by atoms with E-state index in [1.165, 1.54) is 12.3 Å². The van der Waals surface area contributed by atoms with Crippen molar-refractivity contribution in [3.63, 3.8) is 0 Å². The summed E-state index contributed by atoms with van der Waals surface area (Å²) in [5.41, 5.74) is 0. The number of hydrogen-bond acceptors (Lipinski definition) is 6. The van der Waals surface area contributed by atoms with E-state index in [-0.39, 0.29) is 25.1 Å². The van der Waals surface area contributed by atoms with Crippen molar-refractivity contribution in [3.05, 3.63) is 29.5 Å². The zero-order valence-electron chi connectivity index (χ0n) is 11.8. The fourth-order valence-electron chi connectivity index (χ4n) is 1.48. The lowest BCUT2D eigenvalue weighted by Gasteiger charge is -2.18. The second-order valence-electron chi connectivity index (χ2n) is 3.60. The first-order chi connectivity index (χ1) is 9.57. The van der Waals surface area contributed by atoms with Gasteiger partial charge in [0.25, 0.3) is 0 Å². The van der Waals surface area contributed by atoms with Gasteiger partial charge in [0, 0.05) is 6.08 Å². The van der Waals surface area contributed by atoms with E-state index in [0.717, 1.165) is 0 Å². The summed E-state index contributed by atoms with van der Waals surface area (Å²) < 4.78 is 33.1. The molecule has 0 radical (unpaired) electrons. The molecule has 0 saturated carbocycles. The third kappa shape index (κ3) is 4.34. The van der Waals surface area contributed by atoms with Crippen LogP contribution in [0.1, 0.15) is 26.5 Å². The predicted molar refractivity (Wildman–Crippen MR) is 74.2 cm³/mol. The maximum absolute atomic E-state index is 12.7. The Hall–Kier alpha value is -1.36. The first-order valence-electron chi connectivity index (χ1n) is 6.39. The van der Waals surface area contributed by atoms with E-state index >= 15 is 0 Å². The molecule has 0 bridgehead atoms. The minimum Gasteiger partial charge on any atom is -0.465 e. The molecule has 0 saturated heterocycles. The van der Waals surface area contributed by atoms with E-state index in [4.69, 9.17) is 18.2 Å². The molecule has 0 aliphatic heterocycles. The quantitative estimate of drug-likeness (QED) is 0.416. The Kier molecular flexibility index (Phi) is 6.71. The van der Waals surface area contributed by atoms with Gasteiger partial charge in [-0.2, -0.15) is 0 Å². The van der Waals surface area contributed by atoms with Crippen LogP contribution < -0.4 is 0 Å². The SMILES string of the molecule is CCOC(=O)/C(=C\c1ccco1)P(=O)(OCC)OCC. The maximum Gasteiger partial charge on any atom is 0.368 e. The van der Waals surface area contributed by atoms with Gasteiger partial charge in [-0.3, -0.25) is 4.57 Å². The summed E-state index contributed by atoms with van der Waals surface area (Å²) in [6.45, 7) is 5.45. The Balaban J connectivity index is 3.20. The van der Waals surface area contributed by atoms with Crippen LogP contribution >= 0.6 is 7.60 Å². The second-order valence-corrected chi connectivity index (χ2v) is 5.59. The predicted octanol–water partition coefficient (Wildman–Crippen LogP) is 3.45. The van der Waals surface area contributed by atoms with Crippen LogP contribution in [0.25, 0.3) is 6.08 Å². The average Bonchev–Trinajstić information content (AvgIpc) is 2.89. The van der Waals surface area contributed by atoms with Gasteiger partial charge in [0.05, 0.1) is 26.1 Å². The van der Waals surface area contributed by atoms with Crippen molar-refractivity contribution >= 4 is 19.6 Å². The summed E-state index contributed by atoms with van der Waals surface area (Å²) in [5, 5.41) is -0.169. The number of furan rings is 1. The van der Waals surface area contributed by atoms with Gasteiger partial charge >= 0.3 is 13.6 Å². The molecule has 0 fully saturated rings. The van der Waals surface area contributed by atoms with E-state index in [0.29, 0.717) is 5.76 Å². The van der Waals surface area contributed by atoms with Gasteiger partial charge in [0.15, 0.2) is 5.31 Å². The molecule has 0 aliphatic rings. The number of esters is 1. The molecule has 1 heterocycles. The topological polar surface area (TPSA) is 75.0 Å². The fourth-order valence-corrected chi connectivity index (χ4v) is 3.09. The molecule has 0 N–H and O–H groups in total. The fraction of sp³-hybridized carbons (Fsp3) is 0.462. The molecule has 1 aromatic heterocycles.